The predicted octanol–water partition coefficient (Wildman–Crippen LogP) is 3.78. The van der Waals surface area contributed by atoms with Gasteiger partial charge in [0.25, 0.3) is 0 Å². The van der Waals surface area contributed by atoms with Gasteiger partial charge in [0.15, 0.2) is 11.8 Å². The number of thioether (sulfide) groups is 1. The van der Waals surface area contributed by atoms with Crippen molar-refractivity contribution in [3.63, 3.8) is 0 Å². The topological polar surface area (TPSA) is 67.1 Å². The third-order valence-electron chi connectivity index (χ3n) is 4.50. The number of hydrogen-bond acceptors (Lipinski definition) is 5. The van der Waals surface area contributed by atoms with Crippen LogP contribution in [0.4, 0.5) is 4.39 Å². The van der Waals surface area contributed by atoms with Crippen LogP contribution in [-0.2, 0) is 20.0 Å². The molecule has 0 saturated carbocycles. The molecular weight excluding hydrogens is 419 g/mol. The zero-order chi connectivity index (χ0) is 21.2. The predicted molar refractivity (Wildman–Crippen MR) is 123 cm³/mol. The van der Waals surface area contributed by atoms with Crippen LogP contribution in [0.3, 0.4) is 0 Å². The summed E-state index contributed by atoms with van der Waals surface area (Å²) in [6, 6.07) is 10.8. The molecule has 0 spiro atoms. The summed E-state index contributed by atoms with van der Waals surface area (Å²) in [6.45, 7) is 4.01. The minimum Gasteiger partial charge on any atom is -0.356 e. The zero-order valence-electron chi connectivity index (χ0n) is 17.3. The lowest BCUT2D eigenvalue weighted by Gasteiger charge is -2.12. The van der Waals surface area contributed by atoms with Crippen molar-refractivity contribution in [3.8, 4) is 0 Å². The molecule has 0 radical (unpaired) electrons. The lowest BCUT2D eigenvalue weighted by molar-refractivity contribution is 0.626. The first-order valence-corrected chi connectivity index (χ1v) is 11.8. The quantitative estimate of drug-likeness (QED) is 0.215. The average molecular weight is 447 g/mol. The molecule has 0 amide bonds. The lowest BCUT2D eigenvalue weighted by Crippen LogP contribution is -2.39. The molecule has 0 fully saturated rings. The smallest absolute Gasteiger partial charge is 0.191 e. The molecule has 2 aromatic heterocycles. The number of benzene rings is 1. The van der Waals surface area contributed by atoms with Crippen LogP contribution in [0.25, 0.3) is 0 Å². The van der Waals surface area contributed by atoms with E-state index in [9.17, 15) is 4.39 Å². The highest BCUT2D eigenvalue weighted by Gasteiger charge is 2.05. The third kappa shape index (κ3) is 7.14. The van der Waals surface area contributed by atoms with Crippen molar-refractivity contribution < 1.29 is 4.39 Å². The van der Waals surface area contributed by atoms with E-state index < -0.39 is 0 Å². The Kier molecular flexibility index (Phi) is 8.70. The summed E-state index contributed by atoms with van der Waals surface area (Å²) in [5.74, 6) is 3.23. The van der Waals surface area contributed by atoms with E-state index in [1.54, 1.807) is 23.1 Å². The second-order valence-electron chi connectivity index (χ2n) is 6.73. The van der Waals surface area contributed by atoms with Crippen LogP contribution in [0, 0.1) is 12.7 Å². The molecular formula is C21H27FN6S2. The summed E-state index contributed by atoms with van der Waals surface area (Å²) < 4.78 is 14.9. The Morgan fingerprint density at radius 1 is 1.17 bits per heavy atom. The van der Waals surface area contributed by atoms with Crippen molar-refractivity contribution >= 4 is 29.1 Å². The van der Waals surface area contributed by atoms with Gasteiger partial charge in [0.05, 0.1) is 0 Å². The van der Waals surface area contributed by atoms with Crippen LogP contribution in [0.15, 0.2) is 51.7 Å². The molecule has 0 bridgehead atoms. The number of hydrogen-bond donors (Lipinski definition) is 2. The van der Waals surface area contributed by atoms with Crippen LogP contribution in [0.5, 0.6) is 0 Å². The molecule has 0 aliphatic rings. The first kappa shape index (κ1) is 22.3. The third-order valence-corrected chi connectivity index (χ3v) is 6.54. The van der Waals surface area contributed by atoms with Gasteiger partial charge in [-0.1, -0.05) is 6.07 Å². The molecule has 2 N–H and O–H groups in total. The van der Waals surface area contributed by atoms with Crippen molar-refractivity contribution in [2.75, 3.05) is 18.8 Å². The van der Waals surface area contributed by atoms with E-state index in [4.69, 9.17) is 0 Å². The monoisotopic (exact) mass is 446 g/mol. The summed E-state index contributed by atoms with van der Waals surface area (Å²) >= 11 is 3.49. The molecule has 6 nitrogen and oxygen atoms in total. The van der Waals surface area contributed by atoms with Gasteiger partial charge in [0, 0.05) is 29.9 Å². The Balaban J connectivity index is 1.47. The molecule has 3 aromatic rings. The van der Waals surface area contributed by atoms with Crippen molar-refractivity contribution in [1.29, 1.82) is 0 Å². The molecule has 0 unspecified atom stereocenters. The van der Waals surface area contributed by atoms with Crippen molar-refractivity contribution in [2.45, 2.75) is 31.2 Å². The SMILES string of the molecule is Cc1nnc(CN=C(NCCCSc2ccc(F)cc2)NCCc2cccs2)n1C. The molecule has 1 aromatic carbocycles. The van der Waals surface area contributed by atoms with Crippen LogP contribution in [-0.4, -0.2) is 39.6 Å². The highest BCUT2D eigenvalue weighted by Crippen LogP contribution is 2.18. The fourth-order valence-electron chi connectivity index (χ4n) is 2.67. The van der Waals surface area contributed by atoms with Gasteiger partial charge >= 0.3 is 0 Å². The van der Waals surface area contributed by atoms with Crippen LogP contribution in [0.1, 0.15) is 22.9 Å². The van der Waals surface area contributed by atoms with Gasteiger partial charge in [0.1, 0.15) is 18.2 Å². The summed E-state index contributed by atoms with van der Waals surface area (Å²) in [7, 11) is 1.95. The number of nitrogens with one attached hydrogen (secondary N) is 2. The Morgan fingerprint density at radius 3 is 2.67 bits per heavy atom. The van der Waals surface area contributed by atoms with Crippen LogP contribution in [0.2, 0.25) is 0 Å². The van der Waals surface area contributed by atoms with Gasteiger partial charge in [-0.15, -0.1) is 33.3 Å². The number of guanidine groups is 1. The summed E-state index contributed by atoms with van der Waals surface area (Å²) in [4.78, 5) is 7.11. The van der Waals surface area contributed by atoms with Crippen molar-refractivity contribution in [2.24, 2.45) is 12.0 Å². The van der Waals surface area contributed by atoms with E-state index in [1.807, 2.05) is 30.7 Å². The average Bonchev–Trinajstić information content (AvgIpc) is 3.37. The number of aromatic nitrogens is 3. The van der Waals surface area contributed by atoms with Gasteiger partial charge < -0.3 is 15.2 Å². The largest absolute Gasteiger partial charge is 0.356 e. The van der Waals surface area contributed by atoms with Crippen molar-refractivity contribution in [3.05, 3.63) is 64.1 Å². The number of halogens is 1. The Bertz CT molecular complexity index is 922. The molecule has 9 heteroatoms. The molecule has 30 heavy (non-hydrogen) atoms. The number of aryl methyl sites for hydroxylation is 1. The number of aliphatic imine (C=N–C) groups is 1. The minimum atomic E-state index is -0.200. The molecule has 0 aliphatic heterocycles. The maximum atomic E-state index is 13.0. The summed E-state index contributed by atoms with van der Waals surface area (Å²) in [5.41, 5.74) is 0. The number of nitrogens with zero attached hydrogens (tertiary/aromatic N) is 4. The molecule has 160 valence electrons. The fraction of sp³-hybridized carbons (Fsp3) is 0.381. The van der Waals surface area contributed by atoms with Gasteiger partial charge in [-0.05, 0) is 61.2 Å². The van der Waals surface area contributed by atoms with E-state index in [-0.39, 0.29) is 5.82 Å². The second kappa shape index (κ2) is 11.7. The summed E-state index contributed by atoms with van der Waals surface area (Å²) in [6.07, 6.45) is 1.93. The molecule has 3 rings (SSSR count). The minimum absolute atomic E-state index is 0.200. The maximum Gasteiger partial charge on any atom is 0.191 e. The summed E-state index contributed by atoms with van der Waals surface area (Å²) in [5, 5.41) is 17.2. The zero-order valence-corrected chi connectivity index (χ0v) is 18.9. The fourth-order valence-corrected chi connectivity index (χ4v) is 4.23. The lowest BCUT2D eigenvalue weighted by atomic mass is 10.3. The normalized spacial score (nSPS) is 11.6. The first-order valence-electron chi connectivity index (χ1n) is 9.89. The Morgan fingerprint density at radius 2 is 1.97 bits per heavy atom. The highest BCUT2D eigenvalue weighted by molar-refractivity contribution is 7.99. The molecule has 0 saturated heterocycles. The number of rotatable bonds is 10. The first-order chi connectivity index (χ1) is 14.6. The molecule has 2 heterocycles. The van der Waals surface area contributed by atoms with Crippen LogP contribution < -0.4 is 10.6 Å². The van der Waals surface area contributed by atoms with Gasteiger partial charge in [-0.3, -0.25) is 0 Å². The maximum absolute atomic E-state index is 13.0. The van der Waals surface area contributed by atoms with Crippen molar-refractivity contribution in [1.82, 2.24) is 25.4 Å². The molecule has 0 aliphatic carbocycles. The van der Waals surface area contributed by atoms with Crippen LogP contribution >= 0.6 is 23.1 Å². The van der Waals surface area contributed by atoms with E-state index >= 15 is 0 Å². The van der Waals surface area contributed by atoms with Gasteiger partial charge in [-0.2, -0.15) is 0 Å². The van der Waals surface area contributed by atoms with Gasteiger partial charge in [-0.25, -0.2) is 9.38 Å². The Hall–Kier alpha value is -2.39. The highest BCUT2D eigenvalue weighted by atomic mass is 32.2. The van der Waals surface area contributed by atoms with E-state index in [2.05, 4.69) is 43.3 Å². The van der Waals surface area contributed by atoms with E-state index in [0.29, 0.717) is 6.54 Å². The van der Waals surface area contributed by atoms with E-state index in [0.717, 1.165) is 54.2 Å². The second-order valence-corrected chi connectivity index (χ2v) is 8.93. The standard InChI is InChI=1S/C21H27FN6S2/c1-16-26-27-20(28(16)2)15-25-21(24-12-10-18-5-3-13-29-18)23-11-4-14-30-19-8-6-17(22)7-9-19/h3,5-9,13H,4,10-12,14-15H2,1-2H3,(H2,23,24,25). The molecule has 0 atom stereocenters. The van der Waals surface area contributed by atoms with E-state index in [1.165, 1.54) is 17.0 Å². The Labute approximate surface area is 185 Å². The van der Waals surface area contributed by atoms with Gasteiger partial charge in [0.2, 0.25) is 0 Å². The number of thiophene rings is 1.